The number of carboxylic acid groups (broad SMARTS) is 1. The van der Waals surface area contributed by atoms with Gasteiger partial charge in [-0.1, -0.05) is 0 Å². The van der Waals surface area contributed by atoms with Gasteiger partial charge in [0.15, 0.2) is 0 Å². The lowest BCUT2D eigenvalue weighted by Gasteiger charge is -2.19. The molecule has 0 bridgehead atoms. The third kappa shape index (κ3) is 3.34. The molecule has 0 saturated heterocycles. The number of aliphatic carboxylic acids is 1. The predicted molar refractivity (Wildman–Crippen MR) is 59.1 cm³/mol. The normalized spacial score (nSPS) is 15.6. The number of rotatable bonds is 7. The molecule has 1 heterocycles. The molecule has 2 rings (SSSR count). The molecule has 16 heavy (non-hydrogen) atoms. The molecule has 0 aromatic carbocycles. The van der Waals surface area contributed by atoms with Gasteiger partial charge >= 0.3 is 5.97 Å². The summed E-state index contributed by atoms with van der Waals surface area (Å²) >= 11 is 0. The lowest BCUT2D eigenvalue weighted by molar-refractivity contribution is -0.138. The topological polar surface area (TPSA) is 58.4 Å². The van der Waals surface area contributed by atoms with E-state index in [4.69, 9.17) is 5.11 Å². The first-order chi connectivity index (χ1) is 7.75. The molecular formula is C11H17N3O2. The SMILES string of the molecule is O=C(O)CN(CCCn1ccnc1)C1CC1. The van der Waals surface area contributed by atoms with Crippen LogP contribution in [0, 0.1) is 0 Å². The van der Waals surface area contributed by atoms with Crippen molar-refractivity contribution in [2.24, 2.45) is 0 Å². The van der Waals surface area contributed by atoms with E-state index < -0.39 is 5.97 Å². The van der Waals surface area contributed by atoms with Crippen LogP contribution in [0.2, 0.25) is 0 Å². The highest BCUT2D eigenvalue weighted by Crippen LogP contribution is 2.26. The zero-order valence-electron chi connectivity index (χ0n) is 9.25. The second-order valence-electron chi connectivity index (χ2n) is 4.25. The Hall–Kier alpha value is -1.36. The Labute approximate surface area is 94.7 Å². The number of nitrogens with zero attached hydrogens (tertiary/aromatic N) is 3. The van der Waals surface area contributed by atoms with Gasteiger partial charge in [0, 0.05) is 31.5 Å². The van der Waals surface area contributed by atoms with Gasteiger partial charge in [0.2, 0.25) is 0 Å². The first kappa shape index (κ1) is 11.1. The molecule has 0 spiro atoms. The Morgan fingerprint density at radius 2 is 2.38 bits per heavy atom. The second kappa shape index (κ2) is 5.12. The molecular weight excluding hydrogens is 206 g/mol. The van der Waals surface area contributed by atoms with E-state index in [1.54, 1.807) is 12.5 Å². The van der Waals surface area contributed by atoms with Gasteiger partial charge < -0.3 is 9.67 Å². The number of aryl methyl sites for hydroxylation is 1. The van der Waals surface area contributed by atoms with Crippen LogP contribution in [0.1, 0.15) is 19.3 Å². The molecule has 1 fully saturated rings. The molecule has 1 saturated carbocycles. The van der Waals surface area contributed by atoms with Crippen LogP contribution in [-0.2, 0) is 11.3 Å². The molecule has 88 valence electrons. The van der Waals surface area contributed by atoms with Crippen LogP contribution >= 0.6 is 0 Å². The predicted octanol–water partition coefficient (Wildman–Crippen LogP) is 0.822. The molecule has 0 amide bonds. The zero-order chi connectivity index (χ0) is 11.4. The van der Waals surface area contributed by atoms with E-state index in [0.29, 0.717) is 6.04 Å². The number of hydrogen-bond acceptors (Lipinski definition) is 3. The van der Waals surface area contributed by atoms with Crippen molar-refractivity contribution in [1.82, 2.24) is 14.5 Å². The number of carbonyl (C=O) groups is 1. The van der Waals surface area contributed by atoms with Gasteiger partial charge in [-0.05, 0) is 19.3 Å². The Kier molecular flexibility index (Phi) is 3.56. The second-order valence-corrected chi connectivity index (χ2v) is 4.25. The van der Waals surface area contributed by atoms with Crippen molar-refractivity contribution in [2.75, 3.05) is 13.1 Å². The lowest BCUT2D eigenvalue weighted by Crippen LogP contribution is -2.33. The Balaban J connectivity index is 1.71. The zero-order valence-corrected chi connectivity index (χ0v) is 9.25. The summed E-state index contributed by atoms with van der Waals surface area (Å²) < 4.78 is 2.02. The van der Waals surface area contributed by atoms with Crippen LogP contribution in [0.15, 0.2) is 18.7 Å². The first-order valence-electron chi connectivity index (χ1n) is 5.67. The molecule has 1 N–H and O–H groups in total. The molecule has 5 heteroatoms. The van der Waals surface area contributed by atoms with Gasteiger partial charge in [0.05, 0.1) is 12.9 Å². The molecule has 0 unspecified atom stereocenters. The molecule has 1 aliphatic rings. The van der Waals surface area contributed by atoms with Crippen molar-refractivity contribution in [3.05, 3.63) is 18.7 Å². The molecule has 1 aliphatic carbocycles. The summed E-state index contributed by atoms with van der Waals surface area (Å²) in [5.41, 5.74) is 0. The molecule has 0 radical (unpaired) electrons. The fraction of sp³-hybridized carbons (Fsp3) is 0.636. The maximum Gasteiger partial charge on any atom is 0.317 e. The first-order valence-corrected chi connectivity index (χ1v) is 5.67. The summed E-state index contributed by atoms with van der Waals surface area (Å²) in [5.74, 6) is -0.727. The van der Waals surface area contributed by atoms with E-state index in [2.05, 4.69) is 9.88 Å². The van der Waals surface area contributed by atoms with E-state index in [1.807, 2.05) is 10.8 Å². The molecule has 1 aromatic rings. The van der Waals surface area contributed by atoms with E-state index in [9.17, 15) is 4.79 Å². The van der Waals surface area contributed by atoms with Crippen LogP contribution in [0.5, 0.6) is 0 Å². The van der Waals surface area contributed by atoms with Crippen molar-refractivity contribution in [2.45, 2.75) is 31.8 Å². The summed E-state index contributed by atoms with van der Waals surface area (Å²) in [6, 6.07) is 0.513. The summed E-state index contributed by atoms with van der Waals surface area (Å²) in [4.78, 5) is 16.7. The van der Waals surface area contributed by atoms with E-state index in [-0.39, 0.29) is 6.54 Å². The largest absolute Gasteiger partial charge is 0.480 e. The summed E-state index contributed by atoms with van der Waals surface area (Å²) in [6.45, 7) is 1.94. The van der Waals surface area contributed by atoms with Crippen molar-refractivity contribution in [3.63, 3.8) is 0 Å². The minimum atomic E-state index is -0.727. The van der Waals surface area contributed by atoms with Crippen molar-refractivity contribution in [3.8, 4) is 0 Å². The lowest BCUT2D eigenvalue weighted by atomic mass is 10.3. The van der Waals surface area contributed by atoms with Crippen LogP contribution < -0.4 is 0 Å². The molecule has 0 aliphatic heterocycles. The van der Waals surface area contributed by atoms with Gasteiger partial charge in [-0.25, -0.2) is 4.98 Å². The van der Waals surface area contributed by atoms with E-state index in [0.717, 1.165) is 32.4 Å². The van der Waals surface area contributed by atoms with Gasteiger partial charge in [0.1, 0.15) is 0 Å². The summed E-state index contributed by atoms with van der Waals surface area (Å²) in [7, 11) is 0. The van der Waals surface area contributed by atoms with Gasteiger partial charge in [-0.15, -0.1) is 0 Å². The standard InChI is InChI=1S/C11H17N3O2/c15-11(16)8-14(10-2-3-10)6-1-5-13-7-4-12-9-13/h4,7,9-10H,1-3,5-6,8H2,(H,15,16). The summed E-state index contributed by atoms with van der Waals surface area (Å²) in [5, 5.41) is 8.79. The van der Waals surface area contributed by atoms with Crippen molar-refractivity contribution >= 4 is 5.97 Å². The van der Waals surface area contributed by atoms with Crippen LogP contribution in [0.25, 0.3) is 0 Å². The monoisotopic (exact) mass is 223 g/mol. The Bertz CT molecular complexity index is 333. The quantitative estimate of drug-likeness (QED) is 0.743. The average molecular weight is 223 g/mol. The van der Waals surface area contributed by atoms with Crippen molar-refractivity contribution in [1.29, 1.82) is 0 Å². The smallest absolute Gasteiger partial charge is 0.317 e. The van der Waals surface area contributed by atoms with E-state index >= 15 is 0 Å². The number of hydrogen-bond donors (Lipinski definition) is 1. The highest BCUT2D eigenvalue weighted by molar-refractivity contribution is 5.69. The minimum absolute atomic E-state index is 0.175. The van der Waals surface area contributed by atoms with Gasteiger partial charge in [-0.2, -0.15) is 0 Å². The third-order valence-electron chi connectivity index (χ3n) is 2.82. The Morgan fingerprint density at radius 1 is 1.56 bits per heavy atom. The third-order valence-corrected chi connectivity index (χ3v) is 2.82. The van der Waals surface area contributed by atoms with Crippen LogP contribution in [0.3, 0.4) is 0 Å². The van der Waals surface area contributed by atoms with Gasteiger partial charge in [0.25, 0.3) is 0 Å². The van der Waals surface area contributed by atoms with Crippen LogP contribution in [0.4, 0.5) is 0 Å². The average Bonchev–Trinajstić information content (AvgIpc) is 2.95. The molecule has 1 aromatic heterocycles. The molecule has 5 nitrogen and oxygen atoms in total. The highest BCUT2D eigenvalue weighted by Gasteiger charge is 2.29. The van der Waals surface area contributed by atoms with Gasteiger partial charge in [-0.3, -0.25) is 9.69 Å². The highest BCUT2D eigenvalue weighted by atomic mass is 16.4. The van der Waals surface area contributed by atoms with E-state index in [1.165, 1.54) is 0 Å². The summed E-state index contributed by atoms with van der Waals surface area (Å²) in [6.07, 6.45) is 8.75. The number of aromatic nitrogens is 2. The number of carboxylic acids is 1. The molecule has 0 atom stereocenters. The maximum atomic E-state index is 10.7. The fourth-order valence-corrected chi connectivity index (χ4v) is 1.88. The minimum Gasteiger partial charge on any atom is -0.480 e. The van der Waals surface area contributed by atoms with Crippen LogP contribution in [-0.4, -0.2) is 44.7 Å². The Morgan fingerprint density at radius 3 is 2.94 bits per heavy atom. The number of imidazole rings is 1. The maximum absolute atomic E-state index is 10.7. The fourth-order valence-electron chi connectivity index (χ4n) is 1.88. The van der Waals surface area contributed by atoms with Crippen molar-refractivity contribution < 1.29 is 9.90 Å².